The van der Waals surface area contributed by atoms with E-state index in [1.54, 1.807) is 0 Å². The molecule has 0 aromatic heterocycles. The van der Waals surface area contributed by atoms with Gasteiger partial charge in [-0.1, -0.05) is 13.8 Å². The second kappa shape index (κ2) is 5.59. The molecule has 2 unspecified atom stereocenters. The number of hydrogen-bond acceptors (Lipinski definition) is 3. The summed E-state index contributed by atoms with van der Waals surface area (Å²) in [5.41, 5.74) is -0.665. The number of rotatable bonds is 3. The molecule has 21 heavy (non-hydrogen) atoms. The third-order valence-corrected chi connectivity index (χ3v) is 5.80. The summed E-state index contributed by atoms with van der Waals surface area (Å²) in [7, 11) is 0. The third kappa shape index (κ3) is 2.45. The van der Waals surface area contributed by atoms with Gasteiger partial charge in [-0.2, -0.15) is 0 Å². The fourth-order valence-corrected chi connectivity index (χ4v) is 4.37. The van der Waals surface area contributed by atoms with Crippen LogP contribution in [0.2, 0.25) is 0 Å². The van der Waals surface area contributed by atoms with E-state index in [2.05, 4.69) is 10.2 Å². The van der Waals surface area contributed by atoms with Crippen LogP contribution in [0, 0.1) is 0 Å². The average molecular weight is 293 g/mol. The van der Waals surface area contributed by atoms with Crippen molar-refractivity contribution in [2.24, 2.45) is 0 Å². The van der Waals surface area contributed by atoms with Gasteiger partial charge in [0.25, 0.3) is 0 Å². The molecule has 5 nitrogen and oxygen atoms in total. The lowest BCUT2D eigenvalue weighted by Gasteiger charge is -2.47. The zero-order chi connectivity index (χ0) is 15.0. The molecular formula is C16H27N3O2. The summed E-state index contributed by atoms with van der Waals surface area (Å²) >= 11 is 0. The molecule has 1 N–H and O–H groups in total. The van der Waals surface area contributed by atoms with Crippen molar-refractivity contribution in [1.29, 1.82) is 0 Å². The van der Waals surface area contributed by atoms with Crippen LogP contribution in [-0.2, 0) is 9.59 Å². The van der Waals surface area contributed by atoms with Crippen LogP contribution < -0.4 is 5.32 Å². The summed E-state index contributed by atoms with van der Waals surface area (Å²) in [6.45, 7) is 6.51. The predicted octanol–water partition coefficient (Wildman–Crippen LogP) is 1.13. The smallest absolute Gasteiger partial charge is 0.249 e. The molecule has 2 atom stereocenters. The van der Waals surface area contributed by atoms with Gasteiger partial charge in [-0.15, -0.1) is 0 Å². The van der Waals surface area contributed by atoms with Gasteiger partial charge in [-0.05, 0) is 45.1 Å². The zero-order valence-electron chi connectivity index (χ0n) is 13.2. The van der Waals surface area contributed by atoms with Crippen molar-refractivity contribution in [2.45, 2.75) is 70.0 Å². The summed E-state index contributed by atoms with van der Waals surface area (Å²) in [5.74, 6) is 0.149. The normalized spacial score (nSPS) is 33.0. The lowest BCUT2D eigenvalue weighted by atomic mass is 9.86. The number of carbonyl (C=O) groups excluding carboxylic acids is 2. The number of piperidine rings is 1. The van der Waals surface area contributed by atoms with Crippen LogP contribution in [0.25, 0.3) is 0 Å². The first-order valence-electron chi connectivity index (χ1n) is 8.45. The highest BCUT2D eigenvalue weighted by Gasteiger charge is 2.47. The second-order valence-electron chi connectivity index (χ2n) is 6.78. The van der Waals surface area contributed by atoms with Gasteiger partial charge < -0.3 is 15.1 Å². The van der Waals surface area contributed by atoms with Crippen LogP contribution in [0.5, 0.6) is 0 Å². The molecule has 3 aliphatic heterocycles. The summed E-state index contributed by atoms with van der Waals surface area (Å²) < 4.78 is 0. The topological polar surface area (TPSA) is 52.7 Å². The summed E-state index contributed by atoms with van der Waals surface area (Å²) in [6, 6.07) is 0.875. The Bertz CT molecular complexity index is 433. The van der Waals surface area contributed by atoms with E-state index in [0.717, 1.165) is 19.4 Å². The molecule has 3 rings (SSSR count). The molecule has 118 valence electrons. The average Bonchev–Trinajstić information content (AvgIpc) is 2.96. The SMILES string of the molecule is CCC1(CC)NC(=O)CN(C2CCN3CCCC3C2)C1=O. The van der Waals surface area contributed by atoms with E-state index < -0.39 is 5.54 Å². The van der Waals surface area contributed by atoms with Crippen molar-refractivity contribution in [3.63, 3.8) is 0 Å². The number of carbonyl (C=O) groups is 2. The van der Waals surface area contributed by atoms with Gasteiger partial charge in [0.1, 0.15) is 5.54 Å². The first kappa shape index (κ1) is 14.8. The van der Waals surface area contributed by atoms with Gasteiger partial charge in [-0.25, -0.2) is 0 Å². The van der Waals surface area contributed by atoms with Crippen molar-refractivity contribution >= 4 is 11.8 Å². The molecule has 3 heterocycles. The van der Waals surface area contributed by atoms with Crippen LogP contribution in [0.15, 0.2) is 0 Å². The highest BCUT2D eigenvalue weighted by Crippen LogP contribution is 2.32. The van der Waals surface area contributed by atoms with Crippen LogP contribution in [0.1, 0.15) is 52.4 Å². The number of amides is 2. The Hall–Kier alpha value is -1.10. The van der Waals surface area contributed by atoms with Gasteiger partial charge in [-0.3, -0.25) is 9.59 Å². The summed E-state index contributed by atoms with van der Waals surface area (Å²) in [5, 5.41) is 2.95. The number of nitrogens with one attached hydrogen (secondary N) is 1. The van der Waals surface area contributed by atoms with Gasteiger partial charge >= 0.3 is 0 Å². The molecule has 0 radical (unpaired) electrons. The molecule has 3 saturated heterocycles. The number of fused-ring (bicyclic) bond motifs is 1. The molecule has 0 aliphatic carbocycles. The third-order valence-electron chi connectivity index (χ3n) is 5.80. The van der Waals surface area contributed by atoms with Crippen molar-refractivity contribution in [3.05, 3.63) is 0 Å². The Morgan fingerprint density at radius 1 is 1.14 bits per heavy atom. The monoisotopic (exact) mass is 293 g/mol. The molecular weight excluding hydrogens is 266 g/mol. The highest BCUT2D eigenvalue weighted by atomic mass is 16.2. The quantitative estimate of drug-likeness (QED) is 0.849. The Balaban J connectivity index is 1.77. The first-order valence-corrected chi connectivity index (χ1v) is 8.45. The van der Waals surface area contributed by atoms with E-state index in [1.807, 2.05) is 18.7 Å². The van der Waals surface area contributed by atoms with Crippen LogP contribution >= 0.6 is 0 Å². The maximum Gasteiger partial charge on any atom is 0.249 e. The molecule has 5 heteroatoms. The van der Waals surface area contributed by atoms with Gasteiger partial charge in [0.15, 0.2) is 0 Å². The minimum atomic E-state index is -0.665. The fraction of sp³-hybridized carbons (Fsp3) is 0.875. The predicted molar refractivity (Wildman–Crippen MR) is 80.8 cm³/mol. The van der Waals surface area contributed by atoms with Crippen molar-refractivity contribution in [1.82, 2.24) is 15.1 Å². The maximum absolute atomic E-state index is 12.9. The number of piperazine rings is 1. The lowest BCUT2D eigenvalue weighted by Crippen LogP contribution is -2.68. The van der Waals surface area contributed by atoms with Gasteiger partial charge in [0.2, 0.25) is 11.8 Å². The van der Waals surface area contributed by atoms with Crippen molar-refractivity contribution in [2.75, 3.05) is 19.6 Å². The van der Waals surface area contributed by atoms with Crippen LogP contribution in [0.3, 0.4) is 0 Å². The second-order valence-corrected chi connectivity index (χ2v) is 6.78. The standard InChI is InChI=1S/C16H27N3O2/c1-3-16(4-2)15(21)19(11-14(20)17-16)13-7-9-18-8-5-6-12(18)10-13/h12-13H,3-11H2,1-2H3,(H,17,20). The molecule has 0 bridgehead atoms. The van der Waals surface area contributed by atoms with E-state index in [-0.39, 0.29) is 24.4 Å². The van der Waals surface area contributed by atoms with E-state index in [9.17, 15) is 9.59 Å². The highest BCUT2D eigenvalue weighted by molar-refractivity contribution is 5.98. The fourth-order valence-electron chi connectivity index (χ4n) is 4.37. The molecule has 0 aromatic rings. The molecule has 0 aromatic carbocycles. The van der Waals surface area contributed by atoms with E-state index in [0.29, 0.717) is 18.9 Å². The van der Waals surface area contributed by atoms with Crippen LogP contribution in [-0.4, -0.2) is 58.9 Å². The molecule has 3 aliphatic rings. The van der Waals surface area contributed by atoms with E-state index in [1.165, 1.54) is 19.4 Å². The number of nitrogens with zero attached hydrogens (tertiary/aromatic N) is 2. The van der Waals surface area contributed by atoms with E-state index >= 15 is 0 Å². The Kier molecular flexibility index (Phi) is 3.95. The minimum Gasteiger partial charge on any atom is -0.340 e. The summed E-state index contributed by atoms with van der Waals surface area (Å²) in [4.78, 5) is 29.5. The number of hydrogen-bond donors (Lipinski definition) is 1. The summed E-state index contributed by atoms with van der Waals surface area (Å²) in [6.07, 6.45) is 5.93. The van der Waals surface area contributed by atoms with Crippen molar-refractivity contribution in [3.8, 4) is 0 Å². The lowest BCUT2D eigenvalue weighted by molar-refractivity contribution is -0.154. The Morgan fingerprint density at radius 2 is 1.90 bits per heavy atom. The van der Waals surface area contributed by atoms with Crippen LogP contribution in [0.4, 0.5) is 0 Å². The zero-order valence-corrected chi connectivity index (χ0v) is 13.2. The van der Waals surface area contributed by atoms with E-state index in [4.69, 9.17) is 0 Å². The largest absolute Gasteiger partial charge is 0.340 e. The molecule has 2 amide bonds. The van der Waals surface area contributed by atoms with Crippen molar-refractivity contribution < 1.29 is 9.59 Å². The molecule has 0 spiro atoms. The minimum absolute atomic E-state index is 0.00662. The first-order chi connectivity index (χ1) is 10.1. The Labute approximate surface area is 127 Å². The van der Waals surface area contributed by atoms with Gasteiger partial charge in [0.05, 0.1) is 6.54 Å². The molecule has 3 fully saturated rings. The molecule has 0 saturated carbocycles. The van der Waals surface area contributed by atoms with Gasteiger partial charge in [0, 0.05) is 18.6 Å². The maximum atomic E-state index is 12.9. The Morgan fingerprint density at radius 3 is 2.62 bits per heavy atom.